The maximum absolute atomic E-state index is 12.4. The van der Waals surface area contributed by atoms with Crippen molar-refractivity contribution in [1.29, 1.82) is 0 Å². The number of hydrogen-bond acceptors (Lipinski definition) is 9. The standard InChI is InChI=1S/C24H28N2O9/c1-29-7-15-3-19(5-17-9-32-13-34-23(15)17)25-21(27)11-31-12-22(28)26-20-4-16(8-30-2)24-18(6-20)10-33-14-35-24/h3-6H,7-14H2,1-2H3,(H,25,27)(H,26,28). The molecule has 11 nitrogen and oxygen atoms in total. The summed E-state index contributed by atoms with van der Waals surface area (Å²) in [5, 5.41) is 5.53. The van der Waals surface area contributed by atoms with Gasteiger partial charge >= 0.3 is 0 Å². The number of carbonyl (C=O) groups excluding carboxylic acids is 2. The average Bonchev–Trinajstić information content (AvgIpc) is 2.84. The lowest BCUT2D eigenvalue weighted by molar-refractivity contribution is -0.125. The lowest BCUT2D eigenvalue weighted by atomic mass is 10.1. The Balaban J connectivity index is 1.29. The Kier molecular flexibility index (Phi) is 8.50. The molecule has 2 N–H and O–H groups in total. The van der Waals surface area contributed by atoms with Gasteiger partial charge in [0.15, 0.2) is 13.6 Å². The zero-order chi connectivity index (χ0) is 24.6. The Morgan fingerprint density at radius 2 is 1.23 bits per heavy atom. The fourth-order valence-corrected chi connectivity index (χ4v) is 3.90. The van der Waals surface area contributed by atoms with Crippen LogP contribution in [0.5, 0.6) is 11.5 Å². The summed E-state index contributed by atoms with van der Waals surface area (Å²) in [5.41, 5.74) is 4.36. The van der Waals surface area contributed by atoms with E-state index in [0.717, 1.165) is 22.3 Å². The van der Waals surface area contributed by atoms with Crippen LogP contribution in [-0.4, -0.2) is 52.8 Å². The van der Waals surface area contributed by atoms with Crippen LogP contribution < -0.4 is 20.1 Å². The van der Waals surface area contributed by atoms with Crippen LogP contribution in [0.3, 0.4) is 0 Å². The molecule has 0 fully saturated rings. The van der Waals surface area contributed by atoms with Crippen LogP contribution >= 0.6 is 0 Å². The number of anilines is 2. The Labute approximate surface area is 202 Å². The van der Waals surface area contributed by atoms with E-state index in [-0.39, 0.29) is 26.8 Å². The molecular weight excluding hydrogens is 460 g/mol. The molecule has 2 aliphatic heterocycles. The summed E-state index contributed by atoms with van der Waals surface area (Å²) in [5.74, 6) is 0.615. The molecule has 0 aromatic heterocycles. The highest BCUT2D eigenvalue weighted by Gasteiger charge is 2.19. The molecule has 0 unspecified atom stereocenters. The normalized spacial score (nSPS) is 14.2. The first-order valence-corrected chi connectivity index (χ1v) is 11.0. The minimum Gasteiger partial charge on any atom is -0.467 e. The van der Waals surface area contributed by atoms with Crippen molar-refractivity contribution in [2.24, 2.45) is 0 Å². The van der Waals surface area contributed by atoms with Gasteiger partial charge in [-0.05, 0) is 24.3 Å². The maximum Gasteiger partial charge on any atom is 0.250 e. The van der Waals surface area contributed by atoms with Gasteiger partial charge in [-0.15, -0.1) is 0 Å². The molecular formula is C24H28N2O9. The molecule has 188 valence electrons. The van der Waals surface area contributed by atoms with E-state index in [1.807, 2.05) is 0 Å². The predicted molar refractivity (Wildman–Crippen MR) is 123 cm³/mol. The second kappa shape index (κ2) is 12.0. The van der Waals surface area contributed by atoms with E-state index in [1.54, 1.807) is 38.5 Å². The highest BCUT2D eigenvalue weighted by Crippen LogP contribution is 2.33. The van der Waals surface area contributed by atoms with E-state index in [4.69, 9.17) is 33.2 Å². The second-order valence-electron chi connectivity index (χ2n) is 7.92. The SMILES string of the molecule is COCc1cc(NC(=O)COCC(=O)Nc2cc(COC)c3c(c2)COCO3)cc2c1OCOC2. The maximum atomic E-state index is 12.4. The molecule has 11 heteroatoms. The average molecular weight is 488 g/mol. The molecule has 2 aromatic carbocycles. The van der Waals surface area contributed by atoms with Gasteiger partial charge in [-0.1, -0.05) is 0 Å². The van der Waals surface area contributed by atoms with E-state index < -0.39 is 11.8 Å². The molecule has 4 rings (SSSR count). The molecule has 0 bridgehead atoms. The number of rotatable bonds is 10. The first-order chi connectivity index (χ1) is 17.1. The van der Waals surface area contributed by atoms with E-state index >= 15 is 0 Å². The van der Waals surface area contributed by atoms with Crippen LogP contribution in [0.4, 0.5) is 11.4 Å². The van der Waals surface area contributed by atoms with Gasteiger partial charge in [0.1, 0.15) is 24.7 Å². The fraction of sp³-hybridized carbons (Fsp3) is 0.417. The summed E-state index contributed by atoms with van der Waals surface area (Å²) >= 11 is 0. The summed E-state index contributed by atoms with van der Waals surface area (Å²) in [4.78, 5) is 24.7. The van der Waals surface area contributed by atoms with Gasteiger partial charge < -0.3 is 43.8 Å². The first-order valence-electron chi connectivity index (χ1n) is 11.0. The van der Waals surface area contributed by atoms with Gasteiger partial charge in [0.25, 0.3) is 0 Å². The predicted octanol–water partition coefficient (Wildman–Crippen LogP) is 2.31. The molecule has 0 saturated carbocycles. The molecule has 0 saturated heterocycles. The fourth-order valence-electron chi connectivity index (χ4n) is 3.90. The minimum absolute atomic E-state index is 0.173. The molecule has 35 heavy (non-hydrogen) atoms. The molecule has 0 spiro atoms. The smallest absolute Gasteiger partial charge is 0.250 e. The van der Waals surface area contributed by atoms with Crippen molar-refractivity contribution in [1.82, 2.24) is 0 Å². The number of hydrogen-bond donors (Lipinski definition) is 2. The van der Waals surface area contributed by atoms with Gasteiger partial charge in [0, 0.05) is 47.8 Å². The summed E-state index contributed by atoms with van der Waals surface area (Å²) in [6.07, 6.45) is 0. The third-order valence-electron chi connectivity index (χ3n) is 5.21. The molecule has 0 atom stereocenters. The summed E-state index contributed by atoms with van der Waals surface area (Å²) in [7, 11) is 3.17. The summed E-state index contributed by atoms with van der Waals surface area (Å²) in [6, 6.07) is 7.11. The van der Waals surface area contributed by atoms with Gasteiger partial charge in [-0.25, -0.2) is 0 Å². The van der Waals surface area contributed by atoms with E-state index in [0.29, 0.717) is 49.3 Å². The van der Waals surface area contributed by atoms with Crippen molar-refractivity contribution in [2.75, 3.05) is 51.7 Å². The van der Waals surface area contributed by atoms with Crippen LogP contribution in [0.15, 0.2) is 24.3 Å². The zero-order valence-electron chi connectivity index (χ0n) is 19.6. The Morgan fingerprint density at radius 3 is 1.66 bits per heavy atom. The van der Waals surface area contributed by atoms with Crippen LogP contribution in [0.25, 0.3) is 0 Å². The summed E-state index contributed by atoms with van der Waals surface area (Å²) in [6.45, 7) is 1.17. The van der Waals surface area contributed by atoms with Crippen molar-refractivity contribution in [3.63, 3.8) is 0 Å². The van der Waals surface area contributed by atoms with Crippen molar-refractivity contribution in [3.8, 4) is 11.5 Å². The van der Waals surface area contributed by atoms with Crippen molar-refractivity contribution in [2.45, 2.75) is 26.4 Å². The van der Waals surface area contributed by atoms with E-state index in [2.05, 4.69) is 10.6 Å². The van der Waals surface area contributed by atoms with Gasteiger partial charge in [-0.2, -0.15) is 0 Å². The monoisotopic (exact) mass is 488 g/mol. The minimum atomic E-state index is -0.399. The molecule has 0 aliphatic carbocycles. The third kappa shape index (κ3) is 6.47. The molecule has 2 aliphatic rings. The van der Waals surface area contributed by atoms with Gasteiger partial charge in [0.05, 0.1) is 26.4 Å². The number of nitrogens with one attached hydrogen (secondary N) is 2. The molecule has 2 heterocycles. The van der Waals surface area contributed by atoms with Crippen LogP contribution in [0, 0.1) is 0 Å². The highest BCUT2D eigenvalue weighted by atomic mass is 16.7. The zero-order valence-corrected chi connectivity index (χ0v) is 19.6. The molecule has 0 radical (unpaired) electrons. The highest BCUT2D eigenvalue weighted by molar-refractivity contribution is 5.94. The van der Waals surface area contributed by atoms with E-state index in [9.17, 15) is 9.59 Å². The molecule has 2 aromatic rings. The second-order valence-corrected chi connectivity index (χ2v) is 7.92. The number of fused-ring (bicyclic) bond motifs is 2. The van der Waals surface area contributed by atoms with Crippen molar-refractivity contribution < 1.29 is 42.7 Å². The lowest BCUT2D eigenvalue weighted by Crippen LogP contribution is -2.24. The van der Waals surface area contributed by atoms with Crippen LogP contribution in [0.2, 0.25) is 0 Å². The summed E-state index contributed by atoms with van der Waals surface area (Å²) < 4.78 is 37.5. The topological polar surface area (TPSA) is 123 Å². The number of amides is 2. The Hall–Kier alpha value is -3.22. The van der Waals surface area contributed by atoms with Crippen molar-refractivity contribution in [3.05, 3.63) is 46.5 Å². The van der Waals surface area contributed by atoms with Crippen LogP contribution in [0.1, 0.15) is 22.3 Å². The Morgan fingerprint density at radius 1 is 0.771 bits per heavy atom. The Bertz CT molecular complexity index is 990. The number of benzene rings is 2. The third-order valence-corrected chi connectivity index (χ3v) is 5.21. The van der Waals surface area contributed by atoms with Gasteiger partial charge in [-0.3, -0.25) is 9.59 Å². The van der Waals surface area contributed by atoms with Gasteiger partial charge in [0.2, 0.25) is 11.8 Å². The quantitative estimate of drug-likeness (QED) is 0.519. The number of ether oxygens (including phenoxy) is 7. The number of methoxy groups -OCH3 is 2. The van der Waals surface area contributed by atoms with E-state index in [1.165, 1.54) is 0 Å². The van der Waals surface area contributed by atoms with Crippen molar-refractivity contribution >= 4 is 23.2 Å². The number of carbonyl (C=O) groups is 2. The lowest BCUT2D eigenvalue weighted by Gasteiger charge is -2.22. The molecule has 2 amide bonds. The first kappa shape index (κ1) is 24.9. The van der Waals surface area contributed by atoms with Crippen LogP contribution in [-0.2, 0) is 59.7 Å². The largest absolute Gasteiger partial charge is 0.467 e.